The first-order chi connectivity index (χ1) is 9.26. The molecule has 0 bridgehead atoms. The van der Waals surface area contributed by atoms with Crippen LogP contribution in [0.25, 0.3) is 0 Å². The molecule has 5 heteroatoms. The van der Waals surface area contributed by atoms with Gasteiger partial charge in [0, 0.05) is 13.0 Å². The van der Waals surface area contributed by atoms with Crippen molar-refractivity contribution < 1.29 is 9.26 Å². The van der Waals surface area contributed by atoms with Gasteiger partial charge in [-0.25, -0.2) is 0 Å². The molecule has 0 aliphatic carbocycles. The van der Waals surface area contributed by atoms with Gasteiger partial charge < -0.3 is 14.6 Å². The highest BCUT2D eigenvalue weighted by Crippen LogP contribution is 2.32. The molecule has 106 valence electrons. The monoisotopic (exact) mass is 265 g/mol. The van der Waals surface area contributed by atoms with Crippen LogP contribution in [0.3, 0.4) is 0 Å². The van der Waals surface area contributed by atoms with Crippen molar-refractivity contribution in [2.24, 2.45) is 5.92 Å². The Bertz CT molecular complexity index is 407. The lowest BCUT2D eigenvalue weighted by molar-refractivity contribution is -0.0770. The van der Waals surface area contributed by atoms with Gasteiger partial charge in [0.2, 0.25) is 11.7 Å². The van der Waals surface area contributed by atoms with Crippen LogP contribution in [-0.4, -0.2) is 29.8 Å². The van der Waals surface area contributed by atoms with E-state index in [0.717, 1.165) is 50.7 Å². The largest absolute Gasteiger partial charge is 0.367 e. The standard InChI is InChI=1S/C14H23N3O2/c1-14(6-2-3-8-18-14)13-16-12(19-17-13)9-11-5-4-7-15-10-11/h11,15H,2-10H2,1H3. The molecule has 1 N–H and O–H groups in total. The van der Waals surface area contributed by atoms with Crippen LogP contribution in [0.2, 0.25) is 0 Å². The van der Waals surface area contributed by atoms with Crippen molar-refractivity contribution in [3.05, 3.63) is 11.7 Å². The van der Waals surface area contributed by atoms with Crippen molar-refractivity contribution in [1.29, 1.82) is 0 Å². The second-order valence-electron chi connectivity index (χ2n) is 5.96. The van der Waals surface area contributed by atoms with E-state index in [9.17, 15) is 0 Å². The minimum Gasteiger partial charge on any atom is -0.367 e. The minimum atomic E-state index is -0.342. The van der Waals surface area contributed by atoms with Gasteiger partial charge in [0.25, 0.3) is 0 Å². The third kappa shape index (κ3) is 2.98. The topological polar surface area (TPSA) is 60.2 Å². The number of nitrogens with one attached hydrogen (secondary N) is 1. The maximum Gasteiger partial charge on any atom is 0.227 e. The molecule has 1 aromatic rings. The van der Waals surface area contributed by atoms with Crippen LogP contribution in [0.4, 0.5) is 0 Å². The van der Waals surface area contributed by atoms with Crippen LogP contribution in [0.15, 0.2) is 4.52 Å². The zero-order chi connectivity index (χ0) is 13.1. The molecule has 1 aromatic heterocycles. The summed E-state index contributed by atoms with van der Waals surface area (Å²) in [5, 5.41) is 7.56. The molecule has 0 spiro atoms. The van der Waals surface area contributed by atoms with Gasteiger partial charge in [-0.3, -0.25) is 0 Å². The fourth-order valence-electron chi connectivity index (χ4n) is 3.01. The SMILES string of the molecule is CC1(c2noc(CC3CCCNC3)n2)CCCCO1. The molecule has 5 nitrogen and oxygen atoms in total. The fraction of sp³-hybridized carbons (Fsp3) is 0.857. The average molecular weight is 265 g/mol. The Hall–Kier alpha value is -0.940. The summed E-state index contributed by atoms with van der Waals surface area (Å²) in [6, 6.07) is 0. The van der Waals surface area contributed by atoms with Crippen LogP contribution < -0.4 is 5.32 Å². The van der Waals surface area contributed by atoms with Gasteiger partial charge in [-0.15, -0.1) is 0 Å². The number of hydrogen-bond acceptors (Lipinski definition) is 5. The highest BCUT2D eigenvalue weighted by atomic mass is 16.5. The summed E-state index contributed by atoms with van der Waals surface area (Å²) in [4.78, 5) is 4.57. The highest BCUT2D eigenvalue weighted by Gasteiger charge is 2.35. The zero-order valence-corrected chi connectivity index (χ0v) is 11.7. The summed E-state index contributed by atoms with van der Waals surface area (Å²) in [7, 11) is 0. The molecule has 3 rings (SSSR count). The van der Waals surface area contributed by atoms with E-state index < -0.39 is 0 Å². The normalized spacial score (nSPS) is 32.4. The van der Waals surface area contributed by atoms with Crippen LogP contribution in [-0.2, 0) is 16.8 Å². The van der Waals surface area contributed by atoms with Gasteiger partial charge in [0.1, 0.15) is 5.60 Å². The van der Waals surface area contributed by atoms with Crippen molar-refractivity contribution in [1.82, 2.24) is 15.5 Å². The molecule has 2 atom stereocenters. The Morgan fingerprint density at radius 2 is 2.32 bits per heavy atom. The lowest BCUT2D eigenvalue weighted by atomic mass is 9.95. The van der Waals surface area contributed by atoms with E-state index in [4.69, 9.17) is 9.26 Å². The molecule has 2 aliphatic heterocycles. The Balaban J connectivity index is 1.65. The van der Waals surface area contributed by atoms with Crippen molar-refractivity contribution in [3.8, 4) is 0 Å². The van der Waals surface area contributed by atoms with Gasteiger partial charge in [-0.1, -0.05) is 5.16 Å². The van der Waals surface area contributed by atoms with E-state index in [1.807, 2.05) is 0 Å². The van der Waals surface area contributed by atoms with Gasteiger partial charge in [0.05, 0.1) is 0 Å². The van der Waals surface area contributed by atoms with Crippen molar-refractivity contribution >= 4 is 0 Å². The molecule has 0 saturated carbocycles. The first kappa shape index (κ1) is 13.1. The van der Waals surface area contributed by atoms with Crippen molar-refractivity contribution in [3.63, 3.8) is 0 Å². The lowest BCUT2D eigenvalue weighted by Gasteiger charge is -2.30. The predicted octanol–water partition coefficient (Wildman–Crippen LogP) is 2.03. The van der Waals surface area contributed by atoms with Gasteiger partial charge >= 0.3 is 0 Å². The smallest absolute Gasteiger partial charge is 0.227 e. The van der Waals surface area contributed by atoms with Gasteiger partial charge in [-0.05, 0) is 58.0 Å². The predicted molar refractivity (Wildman–Crippen MR) is 70.8 cm³/mol. The average Bonchev–Trinajstić information content (AvgIpc) is 2.90. The second kappa shape index (κ2) is 5.59. The molecule has 0 amide bonds. The van der Waals surface area contributed by atoms with E-state index in [2.05, 4.69) is 22.4 Å². The lowest BCUT2D eigenvalue weighted by Crippen LogP contribution is -2.32. The summed E-state index contributed by atoms with van der Waals surface area (Å²) in [5.74, 6) is 2.12. The molecule has 2 unspecified atom stereocenters. The fourth-order valence-corrected chi connectivity index (χ4v) is 3.01. The molecule has 2 saturated heterocycles. The van der Waals surface area contributed by atoms with Crippen LogP contribution in [0.5, 0.6) is 0 Å². The third-order valence-corrected chi connectivity index (χ3v) is 4.27. The first-order valence-electron chi connectivity index (χ1n) is 7.44. The molecular formula is C14H23N3O2. The van der Waals surface area contributed by atoms with Crippen LogP contribution in [0.1, 0.15) is 50.7 Å². The summed E-state index contributed by atoms with van der Waals surface area (Å²) >= 11 is 0. The first-order valence-corrected chi connectivity index (χ1v) is 7.44. The second-order valence-corrected chi connectivity index (χ2v) is 5.96. The Morgan fingerprint density at radius 1 is 1.37 bits per heavy atom. The molecule has 2 aliphatic rings. The van der Waals surface area contributed by atoms with E-state index in [1.54, 1.807) is 0 Å². The summed E-state index contributed by atoms with van der Waals surface area (Å²) in [5.41, 5.74) is -0.342. The van der Waals surface area contributed by atoms with Gasteiger partial charge in [-0.2, -0.15) is 4.98 Å². The van der Waals surface area contributed by atoms with E-state index in [1.165, 1.54) is 19.3 Å². The number of piperidine rings is 1. The van der Waals surface area contributed by atoms with E-state index in [-0.39, 0.29) is 5.60 Å². The van der Waals surface area contributed by atoms with Crippen LogP contribution in [0, 0.1) is 5.92 Å². The Kier molecular flexibility index (Phi) is 3.84. The number of ether oxygens (including phenoxy) is 1. The third-order valence-electron chi connectivity index (χ3n) is 4.27. The maximum absolute atomic E-state index is 5.86. The highest BCUT2D eigenvalue weighted by molar-refractivity contribution is 5.01. The number of hydrogen-bond donors (Lipinski definition) is 1. The zero-order valence-electron chi connectivity index (χ0n) is 11.7. The maximum atomic E-state index is 5.86. The summed E-state index contributed by atoms with van der Waals surface area (Å²) in [6.07, 6.45) is 6.67. The molecule has 0 aromatic carbocycles. The summed E-state index contributed by atoms with van der Waals surface area (Å²) in [6.45, 7) is 5.07. The number of nitrogens with zero attached hydrogens (tertiary/aromatic N) is 2. The molecule has 19 heavy (non-hydrogen) atoms. The minimum absolute atomic E-state index is 0.342. The van der Waals surface area contributed by atoms with E-state index in [0.29, 0.717) is 5.92 Å². The van der Waals surface area contributed by atoms with Gasteiger partial charge in [0.15, 0.2) is 0 Å². The van der Waals surface area contributed by atoms with E-state index >= 15 is 0 Å². The quantitative estimate of drug-likeness (QED) is 0.906. The molecule has 3 heterocycles. The Labute approximate surface area is 114 Å². The Morgan fingerprint density at radius 3 is 3.05 bits per heavy atom. The summed E-state index contributed by atoms with van der Waals surface area (Å²) < 4.78 is 11.3. The van der Waals surface area contributed by atoms with Crippen molar-refractivity contribution in [2.45, 2.75) is 51.0 Å². The van der Waals surface area contributed by atoms with Crippen molar-refractivity contribution in [2.75, 3.05) is 19.7 Å². The number of rotatable bonds is 3. The van der Waals surface area contributed by atoms with Crippen LogP contribution >= 0.6 is 0 Å². The number of aromatic nitrogens is 2. The molecule has 2 fully saturated rings. The molecular weight excluding hydrogens is 242 g/mol. The molecule has 0 radical (unpaired) electrons.